The van der Waals surface area contributed by atoms with Crippen molar-refractivity contribution < 1.29 is 14.3 Å². The van der Waals surface area contributed by atoms with E-state index >= 15 is 0 Å². The van der Waals surface area contributed by atoms with Crippen LogP contribution in [0.4, 0.5) is 0 Å². The van der Waals surface area contributed by atoms with Gasteiger partial charge in [-0.2, -0.15) is 0 Å². The number of imidazole rings is 1. The summed E-state index contributed by atoms with van der Waals surface area (Å²) in [4.78, 5) is 16.9. The van der Waals surface area contributed by atoms with E-state index in [1.54, 1.807) is 6.08 Å². The van der Waals surface area contributed by atoms with Gasteiger partial charge in [-0.05, 0) is 56.7 Å². The number of fused-ring (bicyclic) bond motifs is 1. The van der Waals surface area contributed by atoms with Crippen molar-refractivity contribution in [3.05, 3.63) is 59.9 Å². The van der Waals surface area contributed by atoms with E-state index in [4.69, 9.17) is 9.47 Å². The van der Waals surface area contributed by atoms with Crippen LogP contribution in [0.2, 0.25) is 0 Å². The van der Waals surface area contributed by atoms with Crippen molar-refractivity contribution in [3.63, 3.8) is 0 Å². The van der Waals surface area contributed by atoms with Crippen LogP contribution in [0.3, 0.4) is 0 Å². The van der Waals surface area contributed by atoms with Crippen LogP contribution in [-0.4, -0.2) is 28.7 Å². The van der Waals surface area contributed by atoms with Gasteiger partial charge in [0.25, 0.3) is 0 Å². The second-order valence-corrected chi connectivity index (χ2v) is 6.38. The molecule has 1 amide bonds. The van der Waals surface area contributed by atoms with Crippen LogP contribution >= 0.6 is 0 Å². The predicted octanol–water partition coefficient (Wildman–Crippen LogP) is 4.18. The number of aryl methyl sites for hydroxylation is 1. The number of benzene rings is 2. The Hall–Kier alpha value is -3.28. The smallest absolute Gasteiger partial charge is 0.244 e. The van der Waals surface area contributed by atoms with E-state index in [1.165, 1.54) is 6.08 Å². The average molecular weight is 393 g/mol. The Morgan fingerprint density at radius 3 is 2.59 bits per heavy atom. The standard InChI is InChI=1S/C23H27N3O3/c1-4-26-19-10-8-7-9-18(19)25-22(26)16-24-23(27)14-12-17-11-13-20(28-5-2)21(15-17)29-6-3/h7-15H,4-6,16H2,1-3H3,(H,24,27)/b14-12+. The van der Waals surface area contributed by atoms with Gasteiger partial charge in [-0.25, -0.2) is 4.98 Å². The summed E-state index contributed by atoms with van der Waals surface area (Å²) in [6.45, 7) is 8.22. The zero-order valence-electron chi connectivity index (χ0n) is 17.1. The molecule has 3 aromatic rings. The number of rotatable bonds is 9. The second-order valence-electron chi connectivity index (χ2n) is 6.38. The van der Waals surface area contributed by atoms with Gasteiger partial charge in [-0.15, -0.1) is 0 Å². The molecule has 1 heterocycles. The van der Waals surface area contributed by atoms with Crippen molar-refractivity contribution in [1.82, 2.24) is 14.9 Å². The molecule has 0 spiro atoms. The lowest BCUT2D eigenvalue weighted by Gasteiger charge is -2.11. The van der Waals surface area contributed by atoms with E-state index in [2.05, 4.69) is 21.8 Å². The van der Waals surface area contributed by atoms with Crippen LogP contribution in [0.15, 0.2) is 48.5 Å². The highest BCUT2D eigenvalue weighted by atomic mass is 16.5. The quantitative estimate of drug-likeness (QED) is 0.554. The first kappa shape index (κ1) is 20.5. The fourth-order valence-electron chi connectivity index (χ4n) is 3.18. The van der Waals surface area contributed by atoms with Crippen LogP contribution in [0, 0.1) is 0 Å². The predicted molar refractivity (Wildman–Crippen MR) is 115 cm³/mol. The number of hydrogen-bond donors (Lipinski definition) is 1. The van der Waals surface area contributed by atoms with E-state index in [1.807, 2.05) is 56.3 Å². The molecule has 29 heavy (non-hydrogen) atoms. The molecule has 1 N–H and O–H groups in total. The molecule has 0 aliphatic carbocycles. The van der Waals surface area contributed by atoms with Crippen molar-refractivity contribution >= 4 is 23.0 Å². The summed E-state index contributed by atoms with van der Waals surface area (Å²) < 4.78 is 13.3. The molecule has 152 valence electrons. The third-order valence-electron chi connectivity index (χ3n) is 4.47. The van der Waals surface area contributed by atoms with Gasteiger partial charge in [0.15, 0.2) is 11.5 Å². The Morgan fingerprint density at radius 1 is 1.07 bits per heavy atom. The molecule has 6 heteroatoms. The molecule has 1 aromatic heterocycles. The highest BCUT2D eigenvalue weighted by molar-refractivity contribution is 5.91. The van der Waals surface area contributed by atoms with Gasteiger partial charge in [-0.1, -0.05) is 18.2 Å². The van der Waals surface area contributed by atoms with Gasteiger partial charge in [-0.3, -0.25) is 4.79 Å². The molecule has 2 aromatic carbocycles. The Labute approximate surface area is 171 Å². The van der Waals surface area contributed by atoms with Crippen molar-refractivity contribution in [2.75, 3.05) is 13.2 Å². The molecule has 3 rings (SSSR count). The van der Waals surface area contributed by atoms with Crippen LogP contribution in [0.1, 0.15) is 32.2 Å². The third-order valence-corrected chi connectivity index (χ3v) is 4.47. The maximum absolute atomic E-state index is 12.3. The highest BCUT2D eigenvalue weighted by Gasteiger charge is 2.09. The number of amides is 1. The number of aromatic nitrogens is 2. The van der Waals surface area contributed by atoms with Crippen LogP contribution in [0.5, 0.6) is 11.5 Å². The molecule has 0 saturated carbocycles. The van der Waals surface area contributed by atoms with Crippen LogP contribution in [0.25, 0.3) is 17.1 Å². The first-order chi connectivity index (χ1) is 14.2. The van der Waals surface area contributed by atoms with Gasteiger partial charge in [0, 0.05) is 12.6 Å². The van der Waals surface area contributed by atoms with E-state index in [-0.39, 0.29) is 5.91 Å². The zero-order valence-corrected chi connectivity index (χ0v) is 17.1. The minimum Gasteiger partial charge on any atom is -0.490 e. The number of carbonyl (C=O) groups is 1. The monoisotopic (exact) mass is 393 g/mol. The number of hydrogen-bond acceptors (Lipinski definition) is 4. The second kappa shape index (κ2) is 9.78. The molecule has 0 unspecified atom stereocenters. The Morgan fingerprint density at radius 2 is 1.83 bits per heavy atom. The minimum absolute atomic E-state index is 0.174. The van der Waals surface area contributed by atoms with Gasteiger partial charge in [0.1, 0.15) is 5.82 Å². The highest BCUT2D eigenvalue weighted by Crippen LogP contribution is 2.29. The molecule has 0 aliphatic heterocycles. The number of para-hydroxylation sites is 2. The van der Waals surface area contributed by atoms with E-state index in [0.29, 0.717) is 31.3 Å². The van der Waals surface area contributed by atoms with Crippen molar-refractivity contribution in [1.29, 1.82) is 0 Å². The normalized spacial score (nSPS) is 11.1. The molecular weight excluding hydrogens is 366 g/mol. The van der Waals surface area contributed by atoms with Gasteiger partial charge in [0.2, 0.25) is 5.91 Å². The fraction of sp³-hybridized carbons (Fsp3) is 0.304. The van der Waals surface area contributed by atoms with Crippen LogP contribution < -0.4 is 14.8 Å². The van der Waals surface area contributed by atoms with Crippen molar-refractivity contribution in [2.24, 2.45) is 0 Å². The number of carbonyl (C=O) groups excluding carboxylic acids is 1. The summed E-state index contributed by atoms with van der Waals surface area (Å²) in [6.07, 6.45) is 3.28. The summed E-state index contributed by atoms with van der Waals surface area (Å²) >= 11 is 0. The lowest BCUT2D eigenvalue weighted by Crippen LogP contribution is -2.22. The summed E-state index contributed by atoms with van der Waals surface area (Å²) in [5.41, 5.74) is 2.88. The van der Waals surface area contributed by atoms with Crippen molar-refractivity contribution in [3.8, 4) is 11.5 Å². The minimum atomic E-state index is -0.174. The lowest BCUT2D eigenvalue weighted by molar-refractivity contribution is -0.116. The van der Waals surface area contributed by atoms with Gasteiger partial charge >= 0.3 is 0 Å². The SMILES string of the molecule is CCOc1ccc(/C=C/C(=O)NCc2nc3ccccc3n2CC)cc1OCC. The topological polar surface area (TPSA) is 65.4 Å². The molecule has 0 fully saturated rings. The maximum Gasteiger partial charge on any atom is 0.244 e. The molecule has 0 bridgehead atoms. The first-order valence-electron chi connectivity index (χ1n) is 9.95. The van der Waals surface area contributed by atoms with E-state index < -0.39 is 0 Å². The Balaban J connectivity index is 1.66. The molecule has 6 nitrogen and oxygen atoms in total. The van der Waals surface area contributed by atoms with Gasteiger partial charge in [0.05, 0.1) is 30.8 Å². The van der Waals surface area contributed by atoms with E-state index in [0.717, 1.165) is 29.0 Å². The number of ether oxygens (including phenoxy) is 2. The van der Waals surface area contributed by atoms with E-state index in [9.17, 15) is 4.79 Å². The molecule has 0 radical (unpaired) electrons. The Bertz CT molecular complexity index is 1010. The third kappa shape index (κ3) is 4.96. The lowest BCUT2D eigenvalue weighted by atomic mass is 10.2. The first-order valence-corrected chi connectivity index (χ1v) is 9.95. The summed E-state index contributed by atoms with van der Waals surface area (Å²) in [5, 5.41) is 2.91. The molecular formula is C23H27N3O3. The largest absolute Gasteiger partial charge is 0.490 e. The number of nitrogens with one attached hydrogen (secondary N) is 1. The van der Waals surface area contributed by atoms with Crippen LogP contribution in [-0.2, 0) is 17.9 Å². The maximum atomic E-state index is 12.3. The zero-order chi connectivity index (χ0) is 20.6. The average Bonchev–Trinajstić information content (AvgIpc) is 3.10. The molecule has 0 aliphatic rings. The summed E-state index contributed by atoms with van der Waals surface area (Å²) in [7, 11) is 0. The fourth-order valence-corrected chi connectivity index (χ4v) is 3.18. The Kier molecular flexibility index (Phi) is 6.89. The summed E-state index contributed by atoms with van der Waals surface area (Å²) in [6, 6.07) is 13.6. The number of nitrogens with zero attached hydrogens (tertiary/aromatic N) is 2. The molecule has 0 atom stereocenters. The summed E-state index contributed by atoms with van der Waals surface area (Å²) in [5.74, 6) is 2.05. The van der Waals surface area contributed by atoms with Gasteiger partial charge < -0.3 is 19.4 Å². The molecule has 0 saturated heterocycles. The van der Waals surface area contributed by atoms with Crippen molar-refractivity contribution in [2.45, 2.75) is 33.9 Å².